The molecule has 0 atom stereocenters. The van der Waals surface area contributed by atoms with Crippen LogP contribution in [0.4, 0.5) is 0 Å². The lowest BCUT2D eigenvalue weighted by molar-refractivity contribution is 0.112. The third-order valence-electron chi connectivity index (χ3n) is 3.68. The first-order chi connectivity index (χ1) is 7.66. The molecule has 0 saturated heterocycles. The van der Waals surface area contributed by atoms with Gasteiger partial charge >= 0.3 is 0 Å². The smallest absolute Gasteiger partial charge is 0.277 e. The molecule has 0 amide bonds. The number of nitrogens with zero attached hydrogens (tertiary/aromatic N) is 2. The first-order valence-corrected chi connectivity index (χ1v) is 5.90. The zero-order chi connectivity index (χ0) is 11.7. The van der Waals surface area contributed by atoms with E-state index in [0.29, 0.717) is 11.8 Å². The molecule has 1 aliphatic rings. The van der Waals surface area contributed by atoms with Crippen LogP contribution < -0.4 is 5.56 Å². The maximum atomic E-state index is 12.1. The summed E-state index contributed by atoms with van der Waals surface area (Å²) in [5.41, 5.74) is 0.959. The highest BCUT2D eigenvalue weighted by Gasteiger charge is 2.22. The lowest BCUT2D eigenvalue weighted by atomic mass is 9.96. The van der Waals surface area contributed by atoms with Crippen LogP contribution >= 0.6 is 0 Å². The van der Waals surface area contributed by atoms with E-state index in [1.807, 2.05) is 18.7 Å². The molecule has 1 aromatic heterocycles. The van der Waals surface area contributed by atoms with Crippen LogP contribution in [-0.4, -0.2) is 15.6 Å². The minimum absolute atomic E-state index is 0.123. The van der Waals surface area contributed by atoms with Crippen molar-refractivity contribution in [3.8, 4) is 0 Å². The molecule has 1 aliphatic carbocycles. The number of hydrogen-bond donors (Lipinski definition) is 0. The number of carbonyl (C=O) groups is 1. The Balaban J connectivity index is 2.47. The molecule has 1 heterocycles. The van der Waals surface area contributed by atoms with E-state index < -0.39 is 0 Å². The van der Waals surface area contributed by atoms with Crippen molar-refractivity contribution >= 4 is 6.29 Å². The predicted octanol–water partition coefficient (Wildman–Crippen LogP) is 1.81. The summed E-state index contributed by atoms with van der Waals surface area (Å²) in [5, 5.41) is 0. The molecule has 0 radical (unpaired) electrons. The Kier molecular flexibility index (Phi) is 2.99. The van der Waals surface area contributed by atoms with Crippen LogP contribution in [0.5, 0.6) is 0 Å². The van der Waals surface area contributed by atoms with Crippen LogP contribution in [0, 0.1) is 6.92 Å². The van der Waals surface area contributed by atoms with E-state index >= 15 is 0 Å². The normalized spacial score (nSPS) is 17.6. The highest BCUT2D eigenvalue weighted by atomic mass is 16.1. The molecule has 1 saturated carbocycles. The van der Waals surface area contributed by atoms with E-state index in [4.69, 9.17) is 0 Å². The molecule has 16 heavy (non-hydrogen) atoms. The number of aromatic nitrogens is 2. The largest absolute Gasteiger partial charge is 0.298 e. The van der Waals surface area contributed by atoms with Crippen LogP contribution in [0.25, 0.3) is 0 Å². The minimum atomic E-state index is -0.123. The van der Waals surface area contributed by atoms with Gasteiger partial charge in [-0.05, 0) is 19.8 Å². The van der Waals surface area contributed by atoms with Gasteiger partial charge in [-0.15, -0.1) is 0 Å². The first-order valence-electron chi connectivity index (χ1n) is 5.90. The second-order valence-electron chi connectivity index (χ2n) is 4.58. The molecule has 88 valence electrons. The fourth-order valence-corrected chi connectivity index (χ4v) is 2.62. The SMILES string of the molecule is Cc1c(C=O)c(=O)n(C2CCCCC2)n1C. The van der Waals surface area contributed by atoms with Crippen LogP contribution in [0.15, 0.2) is 4.79 Å². The van der Waals surface area contributed by atoms with E-state index in [2.05, 4.69) is 0 Å². The summed E-state index contributed by atoms with van der Waals surface area (Å²) in [7, 11) is 1.86. The molecule has 0 aromatic carbocycles. The lowest BCUT2D eigenvalue weighted by Gasteiger charge is -2.24. The van der Waals surface area contributed by atoms with Crippen LogP contribution in [-0.2, 0) is 7.05 Å². The Morgan fingerprint density at radius 2 is 1.88 bits per heavy atom. The standard InChI is InChI=1S/C12H18N2O2/c1-9-11(8-15)12(16)14(13(9)2)10-6-4-3-5-7-10/h8,10H,3-7H2,1-2H3. The van der Waals surface area contributed by atoms with Crippen molar-refractivity contribution in [2.75, 3.05) is 0 Å². The van der Waals surface area contributed by atoms with Gasteiger partial charge in [-0.1, -0.05) is 19.3 Å². The zero-order valence-corrected chi connectivity index (χ0v) is 9.90. The molecule has 0 bridgehead atoms. The van der Waals surface area contributed by atoms with Crippen molar-refractivity contribution < 1.29 is 4.79 Å². The number of rotatable bonds is 2. The second-order valence-corrected chi connectivity index (χ2v) is 4.58. The summed E-state index contributed by atoms with van der Waals surface area (Å²) in [6.45, 7) is 1.82. The van der Waals surface area contributed by atoms with E-state index in [0.717, 1.165) is 18.5 Å². The average molecular weight is 222 g/mol. The first kappa shape index (κ1) is 11.2. The number of aldehydes is 1. The summed E-state index contributed by atoms with van der Waals surface area (Å²) in [6.07, 6.45) is 6.40. The highest BCUT2D eigenvalue weighted by Crippen LogP contribution is 2.27. The molecule has 1 aromatic rings. The fraction of sp³-hybridized carbons (Fsp3) is 0.667. The van der Waals surface area contributed by atoms with Gasteiger partial charge in [-0.3, -0.25) is 14.3 Å². The van der Waals surface area contributed by atoms with Crippen molar-refractivity contribution in [1.29, 1.82) is 0 Å². The number of hydrogen-bond acceptors (Lipinski definition) is 2. The van der Waals surface area contributed by atoms with Gasteiger partial charge in [-0.2, -0.15) is 0 Å². The van der Waals surface area contributed by atoms with Gasteiger partial charge in [-0.25, -0.2) is 4.68 Å². The zero-order valence-electron chi connectivity index (χ0n) is 9.90. The third-order valence-corrected chi connectivity index (χ3v) is 3.68. The third kappa shape index (κ3) is 1.62. The predicted molar refractivity (Wildman–Crippen MR) is 61.9 cm³/mol. The summed E-state index contributed by atoms with van der Waals surface area (Å²) in [5.74, 6) is 0. The molecule has 4 nitrogen and oxygen atoms in total. The second kappa shape index (κ2) is 4.28. The fourth-order valence-electron chi connectivity index (χ4n) is 2.62. The molecule has 0 spiro atoms. The van der Waals surface area contributed by atoms with E-state index in [1.54, 1.807) is 4.68 Å². The van der Waals surface area contributed by atoms with Crippen molar-refractivity contribution in [2.45, 2.75) is 45.1 Å². The molecular weight excluding hydrogens is 204 g/mol. The summed E-state index contributed by atoms with van der Waals surface area (Å²) in [4.78, 5) is 22.9. The van der Waals surface area contributed by atoms with Crippen molar-refractivity contribution in [3.63, 3.8) is 0 Å². The highest BCUT2D eigenvalue weighted by molar-refractivity contribution is 5.75. The average Bonchev–Trinajstić information content (AvgIpc) is 2.51. The molecule has 1 fully saturated rings. The lowest BCUT2D eigenvalue weighted by Crippen LogP contribution is -2.29. The Hall–Kier alpha value is -1.32. The topological polar surface area (TPSA) is 44.0 Å². The molecule has 0 N–H and O–H groups in total. The number of carbonyl (C=O) groups excluding carboxylic acids is 1. The summed E-state index contributed by atoms with van der Waals surface area (Å²) >= 11 is 0. The van der Waals surface area contributed by atoms with Gasteiger partial charge in [0.15, 0.2) is 6.29 Å². The van der Waals surface area contributed by atoms with Crippen molar-refractivity contribution in [3.05, 3.63) is 21.6 Å². The van der Waals surface area contributed by atoms with Gasteiger partial charge in [0.05, 0.1) is 6.04 Å². The maximum absolute atomic E-state index is 12.1. The van der Waals surface area contributed by atoms with Crippen molar-refractivity contribution in [2.24, 2.45) is 7.05 Å². The van der Waals surface area contributed by atoms with Crippen LogP contribution in [0.3, 0.4) is 0 Å². The van der Waals surface area contributed by atoms with Crippen LogP contribution in [0.1, 0.15) is 54.2 Å². The van der Waals surface area contributed by atoms with E-state index in [-0.39, 0.29) is 11.6 Å². The Morgan fingerprint density at radius 1 is 1.25 bits per heavy atom. The Labute approximate surface area is 94.9 Å². The van der Waals surface area contributed by atoms with Gasteiger partial charge in [0.2, 0.25) is 0 Å². The van der Waals surface area contributed by atoms with Gasteiger partial charge in [0.1, 0.15) is 5.56 Å². The molecule has 0 unspecified atom stereocenters. The van der Waals surface area contributed by atoms with Gasteiger partial charge < -0.3 is 0 Å². The van der Waals surface area contributed by atoms with Gasteiger partial charge in [0, 0.05) is 12.7 Å². The monoisotopic (exact) mass is 222 g/mol. The molecular formula is C12H18N2O2. The Bertz CT molecular complexity index is 450. The molecule has 4 heteroatoms. The van der Waals surface area contributed by atoms with Crippen LogP contribution in [0.2, 0.25) is 0 Å². The summed E-state index contributed by atoms with van der Waals surface area (Å²) in [6, 6.07) is 0.277. The Morgan fingerprint density at radius 3 is 2.38 bits per heavy atom. The van der Waals surface area contributed by atoms with E-state index in [9.17, 15) is 9.59 Å². The van der Waals surface area contributed by atoms with E-state index in [1.165, 1.54) is 19.3 Å². The van der Waals surface area contributed by atoms with Crippen molar-refractivity contribution in [1.82, 2.24) is 9.36 Å². The maximum Gasteiger partial charge on any atom is 0.277 e. The molecule has 0 aliphatic heterocycles. The quantitative estimate of drug-likeness (QED) is 0.716. The minimum Gasteiger partial charge on any atom is -0.298 e. The summed E-state index contributed by atoms with van der Waals surface area (Å²) < 4.78 is 3.60. The molecule has 2 rings (SSSR count). The van der Waals surface area contributed by atoms with Gasteiger partial charge in [0.25, 0.3) is 5.56 Å².